The van der Waals surface area contributed by atoms with Crippen molar-refractivity contribution >= 4 is 33.5 Å². The number of benzene rings is 1. The van der Waals surface area contributed by atoms with Crippen molar-refractivity contribution in [1.82, 2.24) is 20.4 Å². The van der Waals surface area contributed by atoms with Crippen molar-refractivity contribution in [2.45, 2.75) is 39.7 Å². The number of halogens is 1. The summed E-state index contributed by atoms with van der Waals surface area (Å²) in [4.78, 5) is 16.3. The Kier molecular flexibility index (Phi) is 8.04. The van der Waals surface area contributed by atoms with Crippen LogP contribution in [-0.2, 0) is 18.3 Å². The molecular weight excluding hydrogens is 420 g/mol. The zero-order valence-corrected chi connectivity index (χ0v) is 18.7. The molecule has 7 nitrogen and oxygen atoms in total. The monoisotopic (exact) mass is 448 g/mol. The van der Waals surface area contributed by atoms with Crippen molar-refractivity contribution < 1.29 is 4.79 Å². The Hall–Kier alpha value is -2.35. The van der Waals surface area contributed by atoms with Crippen LogP contribution in [0.1, 0.15) is 30.3 Å². The number of nitrogens with zero attached hydrogens (tertiary/aromatic N) is 3. The quantitative estimate of drug-likeness (QED) is 0.449. The normalized spacial score (nSPS) is 12.6. The number of carbonyl (C=O) groups excluding carboxylic acids is 1. The number of amides is 1. The maximum absolute atomic E-state index is 12.1. The molecule has 3 N–H and O–H groups in total. The van der Waals surface area contributed by atoms with Gasteiger partial charge >= 0.3 is 0 Å². The number of hydrogen-bond donors (Lipinski definition) is 3. The molecule has 0 aliphatic rings. The summed E-state index contributed by atoms with van der Waals surface area (Å²) in [5.74, 6) is 0.642. The molecule has 0 radical (unpaired) electrons. The Bertz CT molecular complexity index is 828. The van der Waals surface area contributed by atoms with Gasteiger partial charge in [0, 0.05) is 49.0 Å². The van der Waals surface area contributed by atoms with Gasteiger partial charge in [-0.05, 0) is 57.0 Å². The van der Waals surface area contributed by atoms with Gasteiger partial charge in [-0.3, -0.25) is 14.5 Å². The van der Waals surface area contributed by atoms with Gasteiger partial charge in [0.2, 0.25) is 5.91 Å². The Labute approximate surface area is 175 Å². The van der Waals surface area contributed by atoms with Crippen LogP contribution in [0.15, 0.2) is 33.7 Å². The summed E-state index contributed by atoms with van der Waals surface area (Å²) in [5, 5.41) is 13.9. The van der Waals surface area contributed by atoms with Crippen LogP contribution in [0.5, 0.6) is 0 Å². The predicted molar refractivity (Wildman–Crippen MR) is 118 cm³/mol. The second-order valence-electron chi connectivity index (χ2n) is 6.83. The molecule has 0 saturated carbocycles. The van der Waals surface area contributed by atoms with E-state index >= 15 is 0 Å². The van der Waals surface area contributed by atoms with E-state index in [4.69, 9.17) is 0 Å². The number of carbonyl (C=O) groups is 1. The highest BCUT2D eigenvalue weighted by Crippen LogP contribution is 2.15. The van der Waals surface area contributed by atoms with Crippen LogP contribution in [0.3, 0.4) is 0 Å². The van der Waals surface area contributed by atoms with Gasteiger partial charge in [0.1, 0.15) is 0 Å². The summed E-state index contributed by atoms with van der Waals surface area (Å²) in [7, 11) is 3.69. The summed E-state index contributed by atoms with van der Waals surface area (Å²) in [6.45, 7) is 6.73. The molecule has 1 amide bonds. The van der Waals surface area contributed by atoms with Gasteiger partial charge in [-0.25, -0.2) is 0 Å². The predicted octanol–water partition coefficient (Wildman–Crippen LogP) is 2.92. The van der Waals surface area contributed by atoms with Crippen LogP contribution < -0.4 is 16.0 Å². The zero-order valence-electron chi connectivity index (χ0n) is 17.1. The van der Waals surface area contributed by atoms with Gasteiger partial charge in [0.05, 0.1) is 5.69 Å². The fraction of sp³-hybridized carbons (Fsp3) is 0.450. The highest BCUT2D eigenvalue weighted by Gasteiger charge is 2.14. The molecule has 0 saturated heterocycles. The highest BCUT2D eigenvalue weighted by atomic mass is 79.9. The largest absolute Gasteiger partial charge is 0.356 e. The standard InChI is InChI=1S/C20H29BrN6O/c1-13(12-18-14(2)26-27(5)15(18)3)24-20(22-4)23-11-10-19(28)25-17-8-6-16(21)7-9-17/h6-9,13H,10-12H2,1-5H3,(H,25,28)(H2,22,23,24). The number of guanidine groups is 1. The molecule has 2 rings (SSSR count). The number of hydrogen-bond acceptors (Lipinski definition) is 3. The minimum absolute atomic E-state index is 0.0417. The third kappa shape index (κ3) is 6.37. The topological polar surface area (TPSA) is 83.3 Å². The maximum atomic E-state index is 12.1. The van der Waals surface area contributed by atoms with Crippen molar-refractivity contribution in [2.24, 2.45) is 12.0 Å². The molecule has 28 heavy (non-hydrogen) atoms. The molecule has 1 aromatic heterocycles. The van der Waals surface area contributed by atoms with Crippen molar-refractivity contribution in [2.75, 3.05) is 18.9 Å². The molecule has 1 aromatic carbocycles. The summed E-state index contributed by atoms with van der Waals surface area (Å²) < 4.78 is 2.89. The zero-order chi connectivity index (χ0) is 20.7. The molecule has 0 aliphatic carbocycles. The summed E-state index contributed by atoms with van der Waals surface area (Å²) in [5.41, 5.74) is 4.28. The first-order chi connectivity index (χ1) is 13.3. The lowest BCUT2D eigenvalue weighted by Gasteiger charge is -2.18. The molecule has 0 bridgehead atoms. The third-order valence-electron chi connectivity index (χ3n) is 4.55. The number of nitrogens with one attached hydrogen (secondary N) is 3. The van der Waals surface area contributed by atoms with Crippen LogP contribution in [0.2, 0.25) is 0 Å². The molecule has 1 unspecified atom stereocenters. The van der Waals surface area contributed by atoms with E-state index in [0.717, 1.165) is 22.3 Å². The smallest absolute Gasteiger partial charge is 0.226 e. The van der Waals surface area contributed by atoms with E-state index in [2.05, 4.69) is 55.8 Å². The van der Waals surface area contributed by atoms with Crippen LogP contribution in [0, 0.1) is 13.8 Å². The first kappa shape index (κ1) is 21.9. The number of aliphatic imine (C=N–C) groups is 1. The number of aromatic nitrogens is 2. The first-order valence-corrected chi connectivity index (χ1v) is 10.1. The Balaban J connectivity index is 1.77. The number of rotatable bonds is 7. The van der Waals surface area contributed by atoms with Gasteiger partial charge in [-0.1, -0.05) is 15.9 Å². The second-order valence-corrected chi connectivity index (χ2v) is 7.74. The van der Waals surface area contributed by atoms with E-state index in [1.165, 1.54) is 11.3 Å². The van der Waals surface area contributed by atoms with Gasteiger partial charge < -0.3 is 16.0 Å². The SMILES string of the molecule is CN=C(NCCC(=O)Nc1ccc(Br)cc1)NC(C)Cc1c(C)nn(C)c1C. The molecule has 2 aromatic rings. The second kappa shape index (κ2) is 10.3. The van der Waals surface area contributed by atoms with E-state index in [9.17, 15) is 4.79 Å². The first-order valence-electron chi connectivity index (χ1n) is 9.31. The average molecular weight is 449 g/mol. The maximum Gasteiger partial charge on any atom is 0.226 e. The van der Waals surface area contributed by atoms with Crippen LogP contribution in [-0.4, -0.2) is 41.3 Å². The molecule has 8 heteroatoms. The molecule has 1 atom stereocenters. The molecular formula is C20H29BrN6O. The summed E-state index contributed by atoms with van der Waals surface area (Å²) in [6, 6.07) is 7.70. The minimum Gasteiger partial charge on any atom is -0.356 e. The van der Waals surface area contributed by atoms with Crippen LogP contribution >= 0.6 is 15.9 Å². The van der Waals surface area contributed by atoms with Crippen molar-refractivity contribution in [3.63, 3.8) is 0 Å². The lowest BCUT2D eigenvalue weighted by molar-refractivity contribution is -0.116. The Morgan fingerprint density at radius 2 is 1.96 bits per heavy atom. The fourth-order valence-electron chi connectivity index (χ4n) is 2.95. The van der Waals surface area contributed by atoms with Gasteiger partial charge in [-0.2, -0.15) is 5.10 Å². The van der Waals surface area contributed by atoms with E-state index < -0.39 is 0 Å². The molecule has 1 heterocycles. The molecule has 0 fully saturated rings. The Morgan fingerprint density at radius 1 is 1.29 bits per heavy atom. The lowest BCUT2D eigenvalue weighted by atomic mass is 10.1. The highest BCUT2D eigenvalue weighted by molar-refractivity contribution is 9.10. The van der Waals surface area contributed by atoms with Crippen LogP contribution in [0.25, 0.3) is 0 Å². The van der Waals surface area contributed by atoms with Crippen molar-refractivity contribution in [1.29, 1.82) is 0 Å². The van der Waals surface area contributed by atoms with Crippen molar-refractivity contribution in [3.8, 4) is 0 Å². The van der Waals surface area contributed by atoms with E-state index in [1.54, 1.807) is 7.05 Å². The van der Waals surface area contributed by atoms with E-state index in [0.29, 0.717) is 18.9 Å². The summed E-state index contributed by atoms with van der Waals surface area (Å²) >= 11 is 3.38. The Morgan fingerprint density at radius 3 is 2.54 bits per heavy atom. The third-order valence-corrected chi connectivity index (χ3v) is 5.08. The van der Waals surface area contributed by atoms with E-state index in [1.807, 2.05) is 42.9 Å². The average Bonchev–Trinajstić information content (AvgIpc) is 2.89. The van der Waals surface area contributed by atoms with Crippen LogP contribution in [0.4, 0.5) is 5.69 Å². The van der Waals surface area contributed by atoms with Gasteiger partial charge in [-0.15, -0.1) is 0 Å². The molecule has 0 spiro atoms. The van der Waals surface area contributed by atoms with Gasteiger partial charge in [0.25, 0.3) is 0 Å². The molecule has 0 aliphatic heterocycles. The summed E-state index contributed by atoms with van der Waals surface area (Å²) in [6.07, 6.45) is 1.21. The van der Waals surface area contributed by atoms with Gasteiger partial charge in [0.15, 0.2) is 5.96 Å². The number of aryl methyl sites for hydroxylation is 2. The fourth-order valence-corrected chi connectivity index (χ4v) is 3.21. The number of anilines is 1. The minimum atomic E-state index is -0.0417. The lowest BCUT2D eigenvalue weighted by Crippen LogP contribution is -2.44. The molecule has 152 valence electrons. The van der Waals surface area contributed by atoms with Crippen molar-refractivity contribution in [3.05, 3.63) is 45.7 Å². The van der Waals surface area contributed by atoms with E-state index in [-0.39, 0.29) is 11.9 Å².